The molecule has 0 aliphatic heterocycles. The summed E-state index contributed by atoms with van der Waals surface area (Å²) in [5, 5.41) is 12.1. The smallest absolute Gasteiger partial charge is 0.497 e. The van der Waals surface area contributed by atoms with Gasteiger partial charge < -0.3 is 14.8 Å². The molecule has 196 valence electrons. The summed E-state index contributed by atoms with van der Waals surface area (Å²) in [6, 6.07) is 16.6. The highest BCUT2D eigenvalue weighted by Gasteiger charge is 2.31. The molecule has 0 fully saturated rings. The molecular formula is C26H23F3N6O2S. The second-order valence-corrected chi connectivity index (χ2v) is 8.55. The number of nitrogens with zero attached hydrogens (tertiary/aromatic N) is 4. The molecule has 0 aliphatic rings. The third-order valence-corrected chi connectivity index (χ3v) is 5.55. The Morgan fingerprint density at radius 1 is 1.00 bits per heavy atom. The normalized spacial score (nSPS) is 11.4. The van der Waals surface area contributed by atoms with Crippen LogP contribution in [0.3, 0.4) is 0 Å². The molecule has 3 aromatic carbocycles. The van der Waals surface area contributed by atoms with E-state index in [0.717, 1.165) is 33.7 Å². The van der Waals surface area contributed by atoms with Crippen molar-refractivity contribution in [1.29, 1.82) is 0 Å². The zero-order chi connectivity index (χ0) is 27.3. The highest BCUT2D eigenvalue weighted by molar-refractivity contribution is 7.80. The predicted molar refractivity (Wildman–Crippen MR) is 143 cm³/mol. The second kappa shape index (κ2) is 11.3. The Hall–Kier alpha value is -4.45. The van der Waals surface area contributed by atoms with Crippen LogP contribution < -0.4 is 20.2 Å². The third kappa shape index (κ3) is 6.85. The van der Waals surface area contributed by atoms with Gasteiger partial charge in [-0.1, -0.05) is 24.3 Å². The Morgan fingerprint density at radius 2 is 1.66 bits per heavy atom. The third-order valence-electron chi connectivity index (χ3n) is 5.36. The van der Waals surface area contributed by atoms with E-state index in [2.05, 4.69) is 30.7 Å². The summed E-state index contributed by atoms with van der Waals surface area (Å²) in [4.78, 5) is 4.29. The van der Waals surface area contributed by atoms with Gasteiger partial charge in [0.15, 0.2) is 10.9 Å². The number of hydrogen-bond donors (Lipinski definition) is 2. The summed E-state index contributed by atoms with van der Waals surface area (Å²) >= 11 is 5.35. The molecule has 8 nitrogen and oxygen atoms in total. The Kier molecular flexibility index (Phi) is 7.91. The van der Waals surface area contributed by atoms with Gasteiger partial charge in [0.2, 0.25) is 0 Å². The van der Waals surface area contributed by atoms with Crippen molar-refractivity contribution in [2.24, 2.45) is 5.10 Å². The Bertz CT molecular complexity index is 1430. The standard InChI is InChI=1S/C26H23F3N6O2S/c1-16-12-22(36-3)13-17(2)23(16)32-25(38)33-31-14-18-4-6-19(7-5-18)24-30-15-35(34-24)20-8-10-21(11-9-20)37-26(27,28)29/h4-15H,1-3H3,(H2,32,33,38). The van der Waals surface area contributed by atoms with Crippen LogP contribution in [0.15, 0.2) is 72.1 Å². The number of methoxy groups -OCH3 is 1. The van der Waals surface area contributed by atoms with Gasteiger partial charge in [0, 0.05) is 11.3 Å². The highest BCUT2D eigenvalue weighted by Crippen LogP contribution is 2.26. The Balaban J connectivity index is 1.35. The molecule has 0 aliphatic carbocycles. The minimum atomic E-state index is -4.74. The second-order valence-electron chi connectivity index (χ2n) is 8.14. The first-order chi connectivity index (χ1) is 18.1. The van der Waals surface area contributed by atoms with Crippen molar-refractivity contribution >= 4 is 29.2 Å². The van der Waals surface area contributed by atoms with Crippen LogP contribution in [0.4, 0.5) is 18.9 Å². The van der Waals surface area contributed by atoms with Gasteiger partial charge in [0.05, 0.1) is 19.0 Å². The number of hydrogen-bond acceptors (Lipinski definition) is 6. The molecule has 0 saturated carbocycles. The molecule has 0 bridgehead atoms. The van der Waals surface area contributed by atoms with E-state index in [-0.39, 0.29) is 5.75 Å². The van der Waals surface area contributed by atoms with Gasteiger partial charge in [-0.3, -0.25) is 5.43 Å². The summed E-state index contributed by atoms with van der Waals surface area (Å²) in [5.74, 6) is 0.926. The van der Waals surface area contributed by atoms with Crippen molar-refractivity contribution in [2.45, 2.75) is 20.2 Å². The maximum Gasteiger partial charge on any atom is 0.573 e. The number of nitrogens with one attached hydrogen (secondary N) is 2. The van der Waals surface area contributed by atoms with Gasteiger partial charge in [0.25, 0.3) is 0 Å². The number of aromatic nitrogens is 3. The van der Waals surface area contributed by atoms with Crippen LogP contribution in [0.2, 0.25) is 0 Å². The zero-order valence-electron chi connectivity index (χ0n) is 20.6. The number of benzene rings is 3. The van der Waals surface area contributed by atoms with Crippen LogP contribution in [0.25, 0.3) is 17.1 Å². The molecule has 0 amide bonds. The Morgan fingerprint density at radius 3 is 2.26 bits per heavy atom. The molecule has 4 rings (SSSR count). The minimum absolute atomic E-state index is 0.309. The van der Waals surface area contributed by atoms with Crippen molar-refractivity contribution in [3.63, 3.8) is 0 Å². The van der Waals surface area contributed by atoms with Crippen LogP contribution in [0.1, 0.15) is 16.7 Å². The maximum absolute atomic E-state index is 12.3. The molecule has 0 spiro atoms. The lowest BCUT2D eigenvalue weighted by Gasteiger charge is -2.14. The van der Waals surface area contributed by atoms with Crippen molar-refractivity contribution < 1.29 is 22.6 Å². The number of aryl methyl sites for hydroxylation is 2. The molecular weight excluding hydrogens is 517 g/mol. The molecule has 1 aromatic heterocycles. The van der Waals surface area contributed by atoms with Crippen LogP contribution in [-0.2, 0) is 0 Å². The lowest BCUT2D eigenvalue weighted by atomic mass is 10.1. The average molecular weight is 541 g/mol. The van der Waals surface area contributed by atoms with Gasteiger partial charge in [0.1, 0.15) is 17.8 Å². The first-order valence-corrected chi connectivity index (χ1v) is 11.7. The molecule has 0 atom stereocenters. The number of halogens is 3. The molecule has 0 radical (unpaired) electrons. The van der Waals surface area contributed by atoms with Crippen LogP contribution in [-0.4, -0.2) is 39.6 Å². The van der Waals surface area contributed by atoms with E-state index >= 15 is 0 Å². The average Bonchev–Trinajstić information content (AvgIpc) is 3.36. The maximum atomic E-state index is 12.3. The summed E-state index contributed by atoms with van der Waals surface area (Å²) in [7, 11) is 1.63. The molecule has 4 aromatic rings. The number of hydrazone groups is 1. The van der Waals surface area contributed by atoms with Crippen molar-refractivity contribution in [3.05, 3.63) is 83.7 Å². The predicted octanol–water partition coefficient (Wildman–Crippen LogP) is 5.78. The first-order valence-electron chi connectivity index (χ1n) is 11.2. The number of ether oxygens (including phenoxy) is 2. The van der Waals surface area contributed by atoms with E-state index in [0.29, 0.717) is 16.6 Å². The molecule has 12 heteroatoms. The fourth-order valence-corrected chi connectivity index (χ4v) is 3.74. The first kappa shape index (κ1) is 26.6. The summed E-state index contributed by atoms with van der Waals surface area (Å²) in [6.45, 7) is 3.93. The van der Waals surface area contributed by atoms with Crippen LogP contribution in [0, 0.1) is 13.8 Å². The fraction of sp³-hybridized carbons (Fsp3) is 0.154. The van der Waals surface area contributed by atoms with E-state index in [1.807, 2.05) is 50.2 Å². The van der Waals surface area contributed by atoms with E-state index in [4.69, 9.17) is 17.0 Å². The van der Waals surface area contributed by atoms with Crippen molar-refractivity contribution in [3.8, 4) is 28.6 Å². The van der Waals surface area contributed by atoms with E-state index < -0.39 is 6.36 Å². The van der Waals surface area contributed by atoms with Gasteiger partial charge in [-0.25, -0.2) is 9.67 Å². The zero-order valence-corrected chi connectivity index (χ0v) is 21.4. The number of rotatable bonds is 7. The van der Waals surface area contributed by atoms with Gasteiger partial charge in [-0.05, 0) is 79.2 Å². The summed E-state index contributed by atoms with van der Waals surface area (Å²) in [6.07, 6.45) is -1.64. The van der Waals surface area contributed by atoms with Crippen LogP contribution in [0.5, 0.6) is 11.5 Å². The van der Waals surface area contributed by atoms with Crippen molar-refractivity contribution in [2.75, 3.05) is 12.4 Å². The minimum Gasteiger partial charge on any atom is -0.497 e. The highest BCUT2D eigenvalue weighted by atomic mass is 32.1. The fourth-order valence-electron chi connectivity index (χ4n) is 3.58. The number of thiocarbonyl (C=S) groups is 1. The molecule has 1 heterocycles. The molecule has 0 saturated heterocycles. The Labute approximate surface area is 222 Å². The molecule has 38 heavy (non-hydrogen) atoms. The number of alkyl halides is 3. The largest absolute Gasteiger partial charge is 0.573 e. The van der Waals surface area contributed by atoms with Gasteiger partial charge >= 0.3 is 6.36 Å². The topological polar surface area (TPSA) is 85.6 Å². The summed E-state index contributed by atoms with van der Waals surface area (Å²) < 4.78 is 47.7. The van der Waals surface area contributed by atoms with E-state index in [1.54, 1.807) is 13.3 Å². The van der Waals surface area contributed by atoms with Gasteiger partial charge in [-0.2, -0.15) is 5.10 Å². The van der Waals surface area contributed by atoms with Gasteiger partial charge in [-0.15, -0.1) is 18.3 Å². The van der Waals surface area contributed by atoms with Crippen molar-refractivity contribution in [1.82, 2.24) is 20.2 Å². The van der Waals surface area contributed by atoms with E-state index in [9.17, 15) is 13.2 Å². The monoisotopic (exact) mass is 540 g/mol. The molecule has 2 N–H and O–H groups in total. The summed E-state index contributed by atoms with van der Waals surface area (Å²) in [5.41, 5.74) is 7.80. The molecule has 0 unspecified atom stereocenters. The van der Waals surface area contributed by atoms with Crippen LogP contribution >= 0.6 is 12.2 Å². The van der Waals surface area contributed by atoms with E-state index in [1.165, 1.54) is 35.3 Å². The lowest BCUT2D eigenvalue weighted by molar-refractivity contribution is -0.274. The quantitative estimate of drug-likeness (QED) is 0.175. The number of anilines is 1. The SMILES string of the molecule is COc1cc(C)c(NC(=S)NN=Cc2ccc(-c3ncn(-c4ccc(OC(F)(F)F)cc4)n3)cc2)c(C)c1. The lowest BCUT2D eigenvalue weighted by Crippen LogP contribution is -2.24.